The molecule has 0 aliphatic heterocycles. The van der Waals surface area contributed by atoms with Crippen LogP contribution in [0, 0.1) is 0 Å². The average Bonchev–Trinajstić information content (AvgIpc) is 2.40. The molecular formula is C16H20N2. The fourth-order valence-electron chi connectivity index (χ4n) is 2.05. The molecule has 18 heavy (non-hydrogen) atoms. The van der Waals surface area contributed by atoms with E-state index < -0.39 is 0 Å². The lowest BCUT2D eigenvalue weighted by Crippen LogP contribution is -2.35. The standard InChI is InChI=1S/C16H20N2/c1-14(17)12-18(16-10-6-3-7-11-16)13-15-8-4-2-5-9-15/h2-11,14H,12-13,17H2,1H3/t14-/m0/s1. The molecule has 0 heterocycles. The number of rotatable bonds is 5. The molecule has 0 aliphatic rings. The number of nitrogens with two attached hydrogens (primary N) is 1. The first kappa shape index (κ1) is 12.7. The van der Waals surface area contributed by atoms with Crippen molar-refractivity contribution in [2.24, 2.45) is 5.73 Å². The van der Waals surface area contributed by atoms with Crippen molar-refractivity contribution in [2.45, 2.75) is 19.5 Å². The minimum absolute atomic E-state index is 0.161. The van der Waals surface area contributed by atoms with E-state index in [0.717, 1.165) is 13.1 Å². The second kappa shape index (κ2) is 6.22. The summed E-state index contributed by atoms with van der Waals surface area (Å²) in [5.74, 6) is 0. The van der Waals surface area contributed by atoms with Crippen LogP contribution in [-0.4, -0.2) is 12.6 Å². The van der Waals surface area contributed by atoms with Crippen LogP contribution in [0.2, 0.25) is 0 Å². The molecule has 0 bridgehead atoms. The van der Waals surface area contributed by atoms with Gasteiger partial charge in [-0.05, 0) is 24.6 Å². The van der Waals surface area contributed by atoms with Gasteiger partial charge in [0.15, 0.2) is 0 Å². The largest absolute Gasteiger partial charge is 0.366 e. The molecule has 0 radical (unpaired) electrons. The zero-order valence-corrected chi connectivity index (χ0v) is 10.8. The molecule has 2 aromatic carbocycles. The summed E-state index contributed by atoms with van der Waals surface area (Å²) in [5.41, 5.74) is 8.47. The lowest BCUT2D eigenvalue weighted by Gasteiger charge is -2.26. The molecule has 94 valence electrons. The quantitative estimate of drug-likeness (QED) is 0.870. The predicted molar refractivity (Wildman–Crippen MR) is 77.6 cm³/mol. The van der Waals surface area contributed by atoms with E-state index in [9.17, 15) is 0 Å². The van der Waals surface area contributed by atoms with Crippen molar-refractivity contribution in [3.05, 3.63) is 66.2 Å². The molecule has 0 aromatic heterocycles. The first-order valence-corrected chi connectivity index (χ1v) is 6.35. The third kappa shape index (κ3) is 3.60. The smallest absolute Gasteiger partial charge is 0.0430 e. The van der Waals surface area contributed by atoms with Gasteiger partial charge in [0.1, 0.15) is 0 Å². The van der Waals surface area contributed by atoms with E-state index in [1.807, 2.05) is 19.1 Å². The Balaban J connectivity index is 2.16. The fraction of sp³-hybridized carbons (Fsp3) is 0.250. The minimum Gasteiger partial charge on any atom is -0.366 e. The van der Waals surface area contributed by atoms with Crippen molar-refractivity contribution in [2.75, 3.05) is 11.4 Å². The molecule has 0 saturated carbocycles. The van der Waals surface area contributed by atoms with E-state index in [2.05, 4.69) is 53.4 Å². The van der Waals surface area contributed by atoms with E-state index >= 15 is 0 Å². The van der Waals surface area contributed by atoms with Crippen molar-refractivity contribution in [1.29, 1.82) is 0 Å². The van der Waals surface area contributed by atoms with Gasteiger partial charge in [0.25, 0.3) is 0 Å². The van der Waals surface area contributed by atoms with Gasteiger partial charge < -0.3 is 10.6 Å². The molecule has 2 rings (SSSR count). The predicted octanol–water partition coefficient (Wildman–Crippen LogP) is 3.04. The van der Waals surface area contributed by atoms with Gasteiger partial charge in [-0.1, -0.05) is 48.5 Å². The van der Waals surface area contributed by atoms with Crippen LogP contribution in [0.15, 0.2) is 60.7 Å². The van der Waals surface area contributed by atoms with Crippen LogP contribution in [0.1, 0.15) is 12.5 Å². The molecule has 0 fully saturated rings. The third-order valence-electron chi connectivity index (χ3n) is 2.85. The van der Waals surface area contributed by atoms with Crippen LogP contribution < -0.4 is 10.6 Å². The highest BCUT2D eigenvalue weighted by atomic mass is 15.1. The summed E-state index contributed by atoms with van der Waals surface area (Å²) < 4.78 is 0. The summed E-state index contributed by atoms with van der Waals surface area (Å²) in [4.78, 5) is 2.32. The first-order chi connectivity index (χ1) is 8.75. The molecule has 2 N–H and O–H groups in total. The van der Waals surface area contributed by atoms with Crippen LogP contribution in [0.25, 0.3) is 0 Å². The Hall–Kier alpha value is -1.80. The number of anilines is 1. The highest BCUT2D eigenvalue weighted by Crippen LogP contribution is 2.16. The van der Waals surface area contributed by atoms with Crippen LogP contribution in [0.3, 0.4) is 0 Å². The fourth-order valence-corrected chi connectivity index (χ4v) is 2.05. The van der Waals surface area contributed by atoms with Crippen molar-refractivity contribution >= 4 is 5.69 Å². The van der Waals surface area contributed by atoms with E-state index in [1.54, 1.807) is 0 Å². The summed E-state index contributed by atoms with van der Waals surface area (Å²) in [6.45, 7) is 3.80. The number of hydrogen-bond acceptors (Lipinski definition) is 2. The first-order valence-electron chi connectivity index (χ1n) is 6.35. The lowest BCUT2D eigenvalue weighted by molar-refractivity contribution is 0.676. The van der Waals surface area contributed by atoms with Crippen molar-refractivity contribution in [3.63, 3.8) is 0 Å². The summed E-state index contributed by atoms with van der Waals surface area (Å²) in [7, 11) is 0. The third-order valence-corrected chi connectivity index (χ3v) is 2.85. The molecule has 0 saturated heterocycles. The number of hydrogen-bond donors (Lipinski definition) is 1. The van der Waals surface area contributed by atoms with Crippen molar-refractivity contribution in [1.82, 2.24) is 0 Å². The Labute approximate surface area is 109 Å². The molecule has 2 nitrogen and oxygen atoms in total. The van der Waals surface area contributed by atoms with Gasteiger partial charge in [-0.3, -0.25) is 0 Å². The highest BCUT2D eigenvalue weighted by Gasteiger charge is 2.08. The minimum atomic E-state index is 0.161. The van der Waals surface area contributed by atoms with E-state index in [0.29, 0.717) is 0 Å². The maximum Gasteiger partial charge on any atom is 0.0430 e. The van der Waals surface area contributed by atoms with Gasteiger partial charge in [-0.2, -0.15) is 0 Å². The lowest BCUT2D eigenvalue weighted by atomic mass is 10.2. The SMILES string of the molecule is C[C@H](N)CN(Cc1ccccc1)c1ccccc1. The molecule has 0 amide bonds. The summed E-state index contributed by atoms with van der Waals surface area (Å²) in [6.07, 6.45) is 0. The Morgan fingerprint density at radius 2 is 1.50 bits per heavy atom. The second-order valence-electron chi connectivity index (χ2n) is 4.68. The van der Waals surface area contributed by atoms with Gasteiger partial charge in [0, 0.05) is 24.8 Å². The number of nitrogens with zero attached hydrogens (tertiary/aromatic N) is 1. The molecular weight excluding hydrogens is 220 g/mol. The van der Waals surface area contributed by atoms with E-state index in [1.165, 1.54) is 11.3 Å². The molecule has 0 aliphatic carbocycles. The van der Waals surface area contributed by atoms with Gasteiger partial charge in [0.2, 0.25) is 0 Å². The summed E-state index contributed by atoms with van der Waals surface area (Å²) in [6, 6.07) is 21.1. The molecule has 0 spiro atoms. The van der Waals surface area contributed by atoms with Gasteiger partial charge in [0.05, 0.1) is 0 Å². The van der Waals surface area contributed by atoms with Crippen LogP contribution in [0.5, 0.6) is 0 Å². The van der Waals surface area contributed by atoms with Gasteiger partial charge >= 0.3 is 0 Å². The highest BCUT2D eigenvalue weighted by molar-refractivity contribution is 5.46. The van der Waals surface area contributed by atoms with Crippen molar-refractivity contribution < 1.29 is 0 Å². The Morgan fingerprint density at radius 1 is 0.944 bits per heavy atom. The Bertz CT molecular complexity index is 451. The summed E-state index contributed by atoms with van der Waals surface area (Å²) >= 11 is 0. The topological polar surface area (TPSA) is 29.3 Å². The molecule has 2 aromatic rings. The van der Waals surface area contributed by atoms with Crippen LogP contribution >= 0.6 is 0 Å². The summed E-state index contributed by atoms with van der Waals surface area (Å²) in [5, 5.41) is 0. The second-order valence-corrected chi connectivity index (χ2v) is 4.68. The van der Waals surface area contributed by atoms with E-state index in [-0.39, 0.29) is 6.04 Å². The Kier molecular flexibility index (Phi) is 4.37. The zero-order chi connectivity index (χ0) is 12.8. The molecule has 0 unspecified atom stereocenters. The zero-order valence-electron chi connectivity index (χ0n) is 10.8. The normalized spacial score (nSPS) is 12.1. The average molecular weight is 240 g/mol. The van der Waals surface area contributed by atoms with E-state index in [4.69, 9.17) is 5.73 Å². The maximum atomic E-state index is 5.94. The van der Waals surface area contributed by atoms with Crippen LogP contribution in [0.4, 0.5) is 5.69 Å². The molecule has 1 atom stereocenters. The monoisotopic (exact) mass is 240 g/mol. The number of para-hydroxylation sites is 1. The Morgan fingerprint density at radius 3 is 2.06 bits per heavy atom. The molecule has 2 heteroatoms. The van der Waals surface area contributed by atoms with Crippen LogP contribution in [-0.2, 0) is 6.54 Å². The van der Waals surface area contributed by atoms with Gasteiger partial charge in [-0.15, -0.1) is 0 Å². The maximum absolute atomic E-state index is 5.94. The number of benzene rings is 2. The van der Waals surface area contributed by atoms with Crippen molar-refractivity contribution in [3.8, 4) is 0 Å². The van der Waals surface area contributed by atoms with Gasteiger partial charge in [-0.25, -0.2) is 0 Å².